The quantitative estimate of drug-likeness (QED) is 0.909. The van der Waals surface area contributed by atoms with Gasteiger partial charge in [0.15, 0.2) is 0 Å². The highest BCUT2D eigenvalue weighted by atomic mass is 16.1. The summed E-state index contributed by atoms with van der Waals surface area (Å²) < 4.78 is 0. The molecule has 21 heavy (non-hydrogen) atoms. The maximum Gasteiger partial charge on any atom is 0.270 e. The normalized spacial score (nSPS) is 20.1. The van der Waals surface area contributed by atoms with Gasteiger partial charge in [-0.05, 0) is 50.9 Å². The van der Waals surface area contributed by atoms with E-state index in [0.29, 0.717) is 11.6 Å². The van der Waals surface area contributed by atoms with Crippen molar-refractivity contribution in [3.8, 4) is 0 Å². The summed E-state index contributed by atoms with van der Waals surface area (Å²) in [5.41, 5.74) is 1.35. The second kappa shape index (κ2) is 6.22. The van der Waals surface area contributed by atoms with E-state index in [1.165, 1.54) is 12.8 Å². The molecule has 1 aliphatic rings. The lowest BCUT2D eigenvalue weighted by Crippen LogP contribution is -2.44. The van der Waals surface area contributed by atoms with E-state index in [2.05, 4.69) is 22.5 Å². The third kappa shape index (κ3) is 3.22. The molecule has 2 atom stereocenters. The molecule has 1 fully saturated rings. The number of pyridine rings is 1. The molecular formula is C17H21N3O. The van der Waals surface area contributed by atoms with Crippen molar-refractivity contribution in [3.63, 3.8) is 0 Å². The van der Waals surface area contributed by atoms with Crippen molar-refractivity contribution in [1.29, 1.82) is 0 Å². The van der Waals surface area contributed by atoms with E-state index in [1.54, 1.807) is 6.07 Å². The Balaban J connectivity index is 1.71. The molecule has 1 aliphatic heterocycles. The van der Waals surface area contributed by atoms with Crippen LogP contribution in [0.3, 0.4) is 0 Å². The Labute approximate surface area is 125 Å². The first-order chi connectivity index (χ1) is 10.2. The number of para-hydroxylation sites is 1. The van der Waals surface area contributed by atoms with Crippen LogP contribution < -0.4 is 10.6 Å². The van der Waals surface area contributed by atoms with E-state index in [4.69, 9.17) is 0 Å². The van der Waals surface area contributed by atoms with Gasteiger partial charge < -0.3 is 10.6 Å². The van der Waals surface area contributed by atoms with Crippen LogP contribution in [-0.4, -0.2) is 30.0 Å². The molecular weight excluding hydrogens is 262 g/mol. The molecule has 0 aliphatic carbocycles. The largest absolute Gasteiger partial charge is 0.348 e. The number of hydrogen-bond acceptors (Lipinski definition) is 3. The minimum absolute atomic E-state index is 0.0844. The lowest BCUT2D eigenvalue weighted by molar-refractivity contribution is 0.0917. The van der Waals surface area contributed by atoms with Crippen molar-refractivity contribution in [2.24, 2.45) is 5.92 Å². The van der Waals surface area contributed by atoms with E-state index >= 15 is 0 Å². The number of nitrogens with zero attached hydrogens (tertiary/aromatic N) is 1. The van der Waals surface area contributed by atoms with Crippen molar-refractivity contribution in [2.45, 2.75) is 25.8 Å². The Morgan fingerprint density at radius 3 is 3.00 bits per heavy atom. The zero-order valence-corrected chi connectivity index (χ0v) is 12.3. The van der Waals surface area contributed by atoms with E-state index in [-0.39, 0.29) is 11.9 Å². The maximum atomic E-state index is 12.3. The molecule has 1 aromatic heterocycles. The van der Waals surface area contributed by atoms with E-state index < -0.39 is 0 Å². The molecule has 0 spiro atoms. The second-order valence-corrected chi connectivity index (χ2v) is 5.76. The van der Waals surface area contributed by atoms with Gasteiger partial charge in [0.2, 0.25) is 0 Å². The monoisotopic (exact) mass is 283 g/mol. The molecule has 0 radical (unpaired) electrons. The highest BCUT2D eigenvalue weighted by Gasteiger charge is 2.22. The predicted molar refractivity (Wildman–Crippen MR) is 84.3 cm³/mol. The Hall–Kier alpha value is -1.94. The zero-order valence-electron chi connectivity index (χ0n) is 12.3. The smallest absolute Gasteiger partial charge is 0.270 e. The first-order valence-corrected chi connectivity index (χ1v) is 7.61. The average molecular weight is 283 g/mol. The summed E-state index contributed by atoms with van der Waals surface area (Å²) in [7, 11) is 0. The first kappa shape index (κ1) is 14.0. The van der Waals surface area contributed by atoms with Gasteiger partial charge in [0.05, 0.1) is 5.52 Å². The van der Waals surface area contributed by atoms with Gasteiger partial charge in [-0.25, -0.2) is 4.98 Å². The molecule has 2 aromatic rings. The van der Waals surface area contributed by atoms with E-state index in [0.717, 1.165) is 24.0 Å². The summed E-state index contributed by atoms with van der Waals surface area (Å²) in [5, 5.41) is 7.53. The fraction of sp³-hybridized carbons (Fsp3) is 0.412. The molecule has 1 saturated heterocycles. The summed E-state index contributed by atoms with van der Waals surface area (Å²) in [4.78, 5) is 16.8. The third-order valence-electron chi connectivity index (χ3n) is 4.23. The number of rotatable bonds is 3. The molecule has 0 bridgehead atoms. The molecule has 110 valence electrons. The van der Waals surface area contributed by atoms with Crippen molar-refractivity contribution in [3.05, 3.63) is 42.1 Å². The topological polar surface area (TPSA) is 54.0 Å². The van der Waals surface area contributed by atoms with Crippen LogP contribution in [0, 0.1) is 5.92 Å². The summed E-state index contributed by atoms with van der Waals surface area (Å²) in [6.45, 7) is 4.15. The molecule has 1 aromatic carbocycles. The minimum Gasteiger partial charge on any atom is -0.348 e. The van der Waals surface area contributed by atoms with Crippen LogP contribution in [0.4, 0.5) is 0 Å². The van der Waals surface area contributed by atoms with E-state index in [9.17, 15) is 4.79 Å². The van der Waals surface area contributed by atoms with Gasteiger partial charge in [-0.15, -0.1) is 0 Å². The molecule has 1 amide bonds. The summed E-state index contributed by atoms with van der Waals surface area (Å²) in [6.07, 6.45) is 2.35. The van der Waals surface area contributed by atoms with Gasteiger partial charge in [-0.2, -0.15) is 0 Å². The van der Waals surface area contributed by atoms with Crippen LogP contribution in [-0.2, 0) is 0 Å². The number of benzene rings is 1. The zero-order chi connectivity index (χ0) is 14.7. The van der Waals surface area contributed by atoms with Crippen molar-refractivity contribution in [1.82, 2.24) is 15.6 Å². The fourth-order valence-electron chi connectivity index (χ4n) is 2.90. The first-order valence-electron chi connectivity index (χ1n) is 7.61. The Morgan fingerprint density at radius 2 is 2.19 bits per heavy atom. The number of carbonyl (C=O) groups is 1. The average Bonchev–Trinajstić information content (AvgIpc) is 2.55. The number of aromatic nitrogens is 1. The van der Waals surface area contributed by atoms with Gasteiger partial charge >= 0.3 is 0 Å². The molecule has 0 saturated carbocycles. The fourth-order valence-corrected chi connectivity index (χ4v) is 2.90. The van der Waals surface area contributed by atoms with E-state index in [1.807, 2.05) is 30.3 Å². The van der Waals surface area contributed by atoms with Crippen LogP contribution in [0.5, 0.6) is 0 Å². The Bertz CT molecular complexity index is 635. The van der Waals surface area contributed by atoms with Crippen LogP contribution in [0.15, 0.2) is 36.4 Å². The Kier molecular flexibility index (Phi) is 4.15. The number of carbonyl (C=O) groups excluding carboxylic acids is 1. The molecule has 4 heteroatoms. The molecule has 4 nitrogen and oxygen atoms in total. The highest BCUT2D eigenvalue weighted by Crippen LogP contribution is 2.15. The highest BCUT2D eigenvalue weighted by molar-refractivity contribution is 5.95. The number of piperidine rings is 1. The lowest BCUT2D eigenvalue weighted by atomic mass is 9.93. The van der Waals surface area contributed by atoms with Crippen LogP contribution in [0.2, 0.25) is 0 Å². The van der Waals surface area contributed by atoms with Crippen LogP contribution in [0.1, 0.15) is 30.3 Å². The van der Waals surface area contributed by atoms with Gasteiger partial charge in [0, 0.05) is 11.4 Å². The van der Waals surface area contributed by atoms with Crippen LogP contribution >= 0.6 is 0 Å². The molecule has 2 N–H and O–H groups in total. The van der Waals surface area contributed by atoms with Crippen molar-refractivity contribution < 1.29 is 4.79 Å². The SMILES string of the molecule is CC(NC(=O)c1ccc2ccccc2n1)C1CCCNC1. The Morgan fingerprint density at radius 1 is 1.33 bits per heavy atom. The van der Waals surface area contributed by atoms with Gasteiger partial charge in [-0.1, -0.05) is 24.3 Å². The van der Waals surface area contributed by atoms with Crippen molar-refractivity contribution >= 4 is 16.8 Å². The predicted octanol–water partition coefficient (Wildman–Crippen LogP) is 2.35. The summed E-state index contributed by atoms with van der Waals surface area (Å²) in [6, 6.07) is 11.8. The number of amides is 1. The number of nitrogens with one attached hydrogen (secondary N) is 2. The third-order valence-corrected chi connectivity index (χ3v) is 4.23. The standard InChI is InChI=1S/C17H21N3O/c1-12(14-6-4-10-18-11-14)19-17(21)16-9-8-13-5-2-3-7-15(13)20-16/h2-3,5,7-9,12,14,18H,4,6,10-11H2,1H3,(H,19,21). The molecule has 3 rings (SSSR count). The lowest BCUT2D eigenvalue weighted by Gasteiger charge is -2.28. The molecule has 2 heterocycles. The summed E-state index contributed by atoms with van der Waals surface area (Å²) >= 11 is 0. The minimum atomic E-state index is -0.0844. The second-order valence-electron chi connectivity index (χ2n) is 5.76. The molecule has 2 unspecified atom stereocenters. The van der Waals surface area contributed by atoms with Crippen LogP contribution in [0.25, 0.3) is 10.9 Å². The number of hydrogen-bond donors (Lipinski definition) is 2. The van der Waals surface area contributed by atoms with Crippen molar-refractivity contribution in [2.75, 3.05) is 13.1 Å². The van der Waals surface area contributed by atoms with Gasteiger partial charge in [0.25, 0.3) is 5.91 Å². The van der Waals surface area contributed by atoms with Gasteiger partial charge in [0.1, 0.15) is 5.69 Å². The van der Waals surface area contributed by atoms with Gasteiger partial charge in [-0.3, -0.25) is 4.79 Å². The number of fused-ring (bicyclic) bond motifs is 1. The summed E-state index contributed by atoms with van der Waals surface area (Å²) in [5.74, 6) is 0.419. The maximum absolute atomic E-state index is 12.3.